The Bertz CT molecular complexity index is 1270. The van der Waals surface area contributed by atoms with E-state index in [1.165, 1.54) is 36.2 Å². The first-order chi connectivity index (χ1) is 15.3. The lowest BCUT2D eigenvalue weighted by Crippen LogP contribution is -2.37. The third kappa shape index (κ3) is 4.15. The second-order valence-electron chi connectivity index (χ2n) is 7.19. The van der Waals surface area contributed by atoms with Crippen molar-refractivity contribution >= 4 is 41.0 Å². The van der Waals surface area contributed by atoms with Crippen LogP contribution in [0.5, 0.6) is 0 Å². The van der Waals surface area contributed by atoms with Crippen molar-refractivity contribution in [1.82, 2.24) is 10.3 Å². The number of hydrogen-bond acceptors (Lipinski definition) is 4. The van der Waals surface area contributed by atoms with E-state index in [2.05, 4.69) is 10.3 Å². The van der Waals surface area contributed by atoms with E-state index in [1.807, 2.05) is 0 Å². The van der Waals surface area contributed by atoms with Crippen LogP contribution in [-0.2, 0) is 11.3 Å². The Morgan fingerprint density at radius 1 is 1.12 bits per heavy atom. The first-order valence-electron chi connectivity index (χ1n) is 9.66. The van der Waals surface area contributed by atoms with Crippen molar-refractivity contribution in [2.24, 2.45) is 0 Å². The van der Waals surface area contributed by atoms with Crippen molar-refractivity contribution in [2.45, 2.75) is 6.54 Å². The highest BCUT2D eigenvalue weighted by atomic mass is 35.5. The van der Waals surface area contributed by atoms with Gasteiger partial charge in [0.25, 0.3) is 11.8 Å². The summed E-state index contributed by atoms with van der Waals surface area (Å²) in [6, 6.07) is 12.2. The largest absolute Gasteiger partial charge is 0.348 e. The Morgan fingerprint density at radius 2 is 1.88 bits per heavy atom. The number of amides is 2. The fourth-order valence-corrected chi connectivity index (χ4v) is 3.48. The molecule has 0 bridgehead atoms. The summed E-state index contributed by atoms with van der Waals surface area (Å²) in [5.74, 6) is -2.07. The van der Waals surface area contributed by atoms with Gasteiger partial charge in [0.15, 0.2) is 0 Å². The smallest absolute Gasteiger partial charge is 0.262 e. The Balaban J connectivity index is 1.64. The molecule has 1 N–H and O–H groups in total. The Kier molecular flexibility index (Phi) is 5.83. The minimum atomic E-state index is -0.654. The summed E-state index contributed by atoms with van der Waals surface area (Å²) >= 11 is 5.70. The molecule has 1 aromatic heterocycles. The molecule has 32 heavy (non-hydrogen) atoms. The van der Waals surface area contributed by atoms with Gasteiger partial charge in [-0.25, -0.2) is 4.39 Å². The zero-order chi connectivity index (χ0) is 22.8. The number of aromatic nitrogens is 1. The quantitative estimate of drug-likeness (QED) is 0.481. The van der Waals surface area contributed by atoms with Crippen molar-refractivity contribution in [2.75, 3.05) is 11.9 Å². The average Bonchev–Trinajstić information content (AvgIpc) is 2.81. The molecule has 3 aromatic rings. The molecular formula is C24H17ClFN3O3. The first kappa shape index (κ1) is 21.4. The molecule has 2 heterocycles. The number of fused-ring (bicyclic) bond motifs is 1. The van der Waals surface area contributed by atoms with E-state index in [-0.39, 0.29) is 27.6 Å². The van der Waals surface area contributed by atoms with Crippen molar-refractivity contribution in [3.8, 4) is 0 Å². The van der Waals surface area contributed by atoms with E-state index in [4.69, 9.17) is 11.6 Å². The van der Waals surface area contributed by atoms with E-state index < -0.39 is 17.5 Å². The number of anilines is 1. The minimum Gasteiger partial charge on any atom is -0.348 e. The number of pyridine rings is 1. The van der Waals surface area contributed by atoms with Gasteiger partial charge < -0.3 is 10.2 Å². The van der Waals surface area contributed by atoms with Crippen molar-refractivity contribution in [3.05, 3.63) is 99.6 Å². The maximum absolute atomic E-state index is 13.8. The predicted molar refractivity (Wildman–Crippen MR) is 119 cm³/mol. The Morgan fingerprint density at radius 3 is 2.59 bits per heavy atom. The number of rotatable bonds is 4. The van der Waals surface area contributed by atoms with Gasteiger partial charge in [-0.2, -0.15) is 0 Å². The van der Waals surface area contributed by atoms with Crippen LogP contribution in [0.1, 0.15) is 31.8 Å². The summed E-state index contributed by atoms with van der Waals surface area (Å²) in [7, 11) is 1.53. The number of ketones is 1. The van der Waals surface area contributed by atoms with Gasteiger partial charge >= 0.3 is 0 Å². The van der Waals surface area contributed by atoms with Crippen LogP contribution in [0.15, 0.2) is 66.5 Å². The SMILES string of the molecule is CN1C(=O)C(=Cc2ccc(Cl)c(F)c2)C(=O)c2cc(C(=O)NCc3ccncc3)ccc21. The molecule has 1 aliphatic heterocycles. The molecule has 0 unspecified atom stereocenters. The zero-order valence-electron chi connectivity index (χ0n) is 16.9. The highest BCUT2D eigenvalue weighted by Crippen LogP contribution is 2.31. The molecule has 4 rings (SSSR count). The van der Waals surface area contributed by atoms with Gasteiger partial charge in [0, 0.05) is 37.1 Å². The third-order valence-corrected chi connectivity index (χ3v) is 5.41. The predicted octanol–water partition coefficient (Wildman–Crippen LogP) is 4.05. The molecule has 0 atom stereocenters. The van der Waals surface area contributed by atoms with E-state index in [9.17, 15) is 18.8 Å². The molecule has 0 spiro atoms. The zero-order valence-corrected chi connectivity index (χ0v) is 17.7. The van der Waals surface area contributed by atoms with Gasteiger partial charge in [0.1, 0.15) is 5.82 Å². The second-order valence-corrected chi connectivity index (χ2v) is 7.60. The van der Waals surface area contributed by atoms with E-state index in [0.29, 0.717) is 17.8 Å². The molecule has 1 aliphatic rings. The van der Waals surface area contributed by atoms with Crippen molar-refractivity contribution in [1.29, 1.82) is 0 Å². The molecule has 0 saturated heterocycles. The number of nitrogens with zero attached hydrogens (tertiary/aromatic N) is 2. The number of hydrogen-bond donors (Lipinski definition) is 1. The molecule has 2 amide bonds. The second kappa shape index (κ2) is 8.72. The number of nitrogens with one attached hydrogen (secondary N) is 1. The monoisotopic (exact) mass is 449 g/mol. The standard InChI is InChI=1S/C24H17ClFN3O3/c1-29-21-5-3-16(23(31)28-13-14-6-8-27-9-7-14)12-17(21)22(30)18(24(29)32)10-15-2-4-19(25)20(26)11-15/h2-12H,13H2,1H3,(H,28,31). The number of carbonyl (C=O) groups is 3. The number of benzene rings is 2. The molecule has 0 fully saturated rings. The summed E-state index contributed by atoms with van der Waals surface area (Å²) in [5, 5.41) is 2.73. The van der Waals surface area contributed by atoms with Crippen molar-refractivity contribution in [3.63, 3.8) is 0 Å². The molecule has 0 aliphatic carbocycles. The Labute approximate surface area is 188 Å². The molecule has 2 aromatic carbocycles. The highest BCUT2D eigenvalue weighted by Gasteiger charge is 2.33. The van der Waals surface area contributed by atoms with Crippen LogP contribution in [0.25, 0.3) is 6.08 Å². The summed E-state index contributed by atoms with van der Waals surface area (Å²) < 4.78 is 13.8. The molecule has 8 heteroatoms. The van der Waals surface area contributed by atoms with Gasteiger partial charge in [-0.3, -0.25) is 19.4 Å². The van der Waals surface area contributed by atoms with Crippen LogP contribution < -0.4 is 10.2 Å². The number of likely N-dealkylation sites (N-methyl/N-ethyl adjacent to an activating group) is 1. The average molecular weight is 450 g/mol. The normalized spacial score (nSPS) is 14.5. The van der Waals surface area contributed by atoms with Crippen LogP contribution in [0.3, 0.4) is 0 Å². The fraction of sp³-hybridized carbons (Fsp3) is 0.0833. The first-order valence-corrected chi connectivity index (χ1v) is 10.0. The molecule has 6 nitrogen and oxygen atoms in total. The van der Waals surface area contributed by atoms with Crippen LogP contribution in [0.2, 0.25) is 5.02 Å². The number of Topliss-reactive ketones (excluding diaryl/α,β-unsaturated/α-hetero) is 1. The topological polar surface area (TPSA) is 79.4 Å². The summed E-state index contributed by atoms with van der Waals surface area (Å²) in [4.78, 5) is 43.7. The molecule has 0 radical (unpaired) electrons. The van der Waals surface area contributed by atoms with Gasteiger partial charge in [0.2, 0.25) is 5.78 Å². The van der Waals surface area contributed by atoms with Gasteiger partial charge in [-0.1, -0.05) is 17.7 Å². The van der Waals surface area contributed by atoms with Crippen LogP contribution in [-0.4, -0.2) is 29.6 Å². The lowest BCUT2D eigenvalue weighted by atomic mass is 9.92. The summed E-state index contributed by atoms with van der Waals surface area (Å²) in [6.07, 6.45) is 4.58. The number of halogens is 2. The van der Waals surface area contributed by atoms with Gasteiger partial charge in [-0.05, 0) is 59.7 Å². The fourth-order valence-electron chi connectivity index (χ4n) is 3.37. The highest BCUT2D eigenvalue weighted by molar-refractivity contribution is 6.36. The third-order valence-electron chi connectivity index (χ3n) is 5.10. The van der Waals surface area contributed by atoms with E-state index in [1.54, 1.807) is 36.7 Å². The lowest BCUT2D eigenvalue weighted by molar-refractivity contribution is -0.114. The molecular weight excluding hydrogens is 433 g/mol. The van der Waals surface area contributed by atoms with Crippen LogP contribution in [0, 0.1) is 5.82 Å². The molecule has 160 valence electrons. The maximum Gasteiger partial charge on any atom is 0.262 e. The minimum absolute atomic E-state index is 0.0571. The van der Waals surface area contributed by atoms with Crippen LogP contribution >= 0.6 is 11.6 Å². The maximum atomic E-state index is 13.8. The number of carbonyl (C=O) groups excluding carboxylic acids is 3. The summed E-state index contributed by atoms with van der Waals surface area (Å²) in [5.41, 5.74) is 1.97. The lowest BCUT2D eigenvalue weighted by Gasteiger charge is -2.27. The van der Waals surface area contributed by atoms with E-state index in [0.717, 1.165) is 11.6 Å². The van der Waals surface area contributed by atoms with E-state index >= 15 is 0 Å². The van der Waals surface area contributed by atoms with Gasteiger partial charge in [-0.15, -0.1) is 0 Å². The Hall–Kier alpha value is -3.84. The van der Waals surface area contributed by atoms with Crippen LogP contribution in [0.4, 0.5) is 10.1 Å². The summed E-state index contributed by atoms with van der Waals surface area (Å²) in [6.45, 7) is 0.304. The van der Waals surface area contributed by atoms with Crippen molar-refractivity contribution < 1.29 is 18.8 Å². The van der Waals surface area contributed by atoms with Gasteiger partial charge in [0.05, 0.1) is 16.3 Å². The molecule has 0 saturated carbocycles.